The third-order valence-corrected chi connectivity index (χ3v) is 4.72. The molecule has 0 aromatic heterocycles. The van der Waals surface area contributed by atoms with Crippen LogP contribution in [0.5, 0.6) is 0 Å². The molecule has 2 aromatic rings. The zero-order chi connectivity index (χ0) is 19.8. The number of benzene rings is 2. The van der Waals surface area contributed by atoms with Crippen molar-refractivity contribution in [2.75, 3.05) is 20.5 Å². The minimum absolute atomic E-state index is 0. The van der Waals surface area contributed by atoms with Crippen LogP contribution in [0.25, 0.3) is 5.57 Å². The van der Waals surface area contributed by atoms with Crippen molar-refractivity contribution in [2.24, 2.45) is 0 Å². The molecule has 2 aromatic carbocycles. The van der Waals surface area contributed by atoms with Crippen molar-refractivity contribution in [3.63, 3.8) is 0 Å². The quantitative estimate of drug-likeness (QED) is 0.599. The molecule has 0 fully saturated rings. The molecule has 4 heteroatoms. The molecule has 0 amide bonds. The minimum Gasteiger partial charge on any atom is -0.309 e. The standard InChI is InChI=1S/C18H18ClNS.ClH/c1-20(2)11-5-7-14-15-6-3-4-8-17(15)21-18-10-9-13(19)12-16(14)18;/h3-4,6-10,12H,5,11H2,1-2H3;1H/i1D3,2D3;. The Kier molecular flexibility index (Phi) is 3.70. The van der Waals surface area contributed by atoms with Crippen molar-refractivity contribution < 1.29 is 8.22 Å². The van der Waals surface area contributed by atoms with E-state index in [2.05, 4.69) is 0 Å². The second-order valence-corrected chi connectivity index (χ2v) is 6.32. The van der Waals surface area contributed by atoms with E-state index in [4.69, 9.17) is 19.8 Å². The van der Waals surface area contributed by atoms with Gasteiger partial charge < -0.3 is 4.90 Å². The predicted molar refractivity (Wildman–Crippen MR) is 99.5 cm³/mol. The SMILES string of the molecule is Cl.[2H]C([2H])([2H])N(CCC=C1c2ccccc2Sc2ccc(Cl)cc21)C([2H])([2H])[2H]. The van der Waals surface area contributed by atoms with E-state index in [1.807, 2.05) is 48.5 Å². The van der Waals surface area contributed by atoms with Crippen LogP contribution >= 0.6 is 35.8 Å². The van der Waals surface area contributed by atoms with Crippen LogP contribution in [-0.2, 0) is 0 Å². The Morgan fingerprint density at radius 2 is 1.91 bits per heavy atom. The largest absolute Gasteiger partial charge is 0.309 e. The second kappa shape index (κ2) is 7.56. The summed E-state index contributed by atoms with van der Waals surface area (Å²) in [5.41, 5.74) is 2.95. The lowest BCUT2D eigenvalue weighted by atomic mass is 9.96. The predicted octanol–water partition coefficient (Wildman–Crippen LogP) is 5.61. The molecular formula is C18H19Cl2NS. The Labute approximate surface area is 156 Å². The van der Waals surface area contributed by atoms with Gasteiger partial charge in [0, 0.05) is 29.6 Å². The highest BCUT2D eigenvalue weighted by molar-refractivity contribution is 7.99. The lowest BCUT2D eigenvalue weighted by Crippen LogP contribution is -2.12. The fourth-order valence-corrected chi connectivity index (χ4v) is 3.66. The smallest absolute Gasteiger partial charge is 0.0412 e. The van der Waals surface area contributed by atoms with Crippen molar-refractivity contribution >= 4 is 41.3 Å². The van der Waals surface area contributed by atoms with Gasteiger partial charge in [-0.1, -0.05) is 47.6 Å². The number of fused-ring (bicyclic) bond motifs is 2. The fraction of sp³-hybridized carbons (Fsp3) is 0.222. The summed E-state index contributed by atoms with van der Waals surface area (Å²) >= 11 is 7.83. The number of hydrogen-bond acceptors (Lipinski definition) is 2. The van der Waals surface area contributed by atoms with Crippen LogP contribution < -0.4 is 0 Å². The lowest BCUT2D eigenvalue weighted by Gasteiger charge is -2.22. The summed E-state index contributed by atoms with van der Waals surface area (Å²) in [7, 11) is 0. The van der Waals surface area contributed by atoms with Gasteiger partial charge in [-0.25, -0.2) is 0 Å². The van der Waals surface area contributed by atoms with Crippen LogP contribution in [0.1, 0.15) is 25.8 Å². The van der Waals surface area contributed by atoms with Gasteiger partial charge in [-0.05, 0) is 61.3 Å². The van der Waals surface area contributed by atoms with Gasteiger partial charge in [0.2, 0.25) is 0 Å². The Hall–Kier alpha value is -0.930. The van der Waals surface area contributed by atoms with Crippen LogP contribution in [0.15, 0.2) is 58.3 Å². The summed E-state index contributed by atoms with van der Waals surface area (Å²) in [6.45, 7) is -5.45. The van der Waals surface area contributed by atoms with Gasteiger partial charge in [0.25, 0.3) is 0 Å². The molecule has 116 valence electrons. The first kappa shape index (κ1) is 10.8. The van der Waals surface area contributed by atoms with E-state index in [1.54, 1.807) is 11.8 Å². The van der Waals surface area contributed by atoms with Crippen LogP contribution in [0.4, 0.5) is 0 Å². The summed E-state index contributed by atoms with van der Waals surface area (Å²) < 4.78 is 44.9. The number of rotatable bonds is 3. The van der Waals surface area contributed by atoms with E-state index in [-0.39, 0.29) is 25.4 Å². The molecule has 0 aliphatic carbocycles. The van der Waals surface area contributed by atoms with Crippen LogP contribution in [0.2, 0.25) is 5.02 Å². The summed E-state index contributed by atoms with van der Waals surface area (Å²) in [6, 6.07) is 13.6. The van der Waals surface area contributed by atoms with E-state index in [0.717, 1.165) is 26.5 Å². The maximum absolute atomic E-state index is 7.49. The normalized spacial score (nSPS) is 19.6. The van der Waals surface area contributed by atoms with Crippen molar-refractivity contribution in [3.8, 4) is 0 Å². The van der Waals surface area contributed by atoms with Crippen molar-refractivity contribution in [2.45, 2.75) is 16.2 Å². The molecule has 22 heavy (non-hydrogen) atoms. The molecule has 0 saturated carbocycles. The number of hydrogen-bond donors (Lipinski definition) is 0. The highest BCUT2D eigenvalue weighted by atomic mass is 35.5. The van der Waals surface area contributed by atoms with Crippen molar-refractivity contribution in [3.05, 3.63) is 64.7 Å². The number of halogens is 2. The van der Waals surface area contributed by atoms with Gasteiger partial charge in [0.15, 0.2) is 0 Å². The van der Waals surface area contributed by atoms with E-state index in [1.165, 1.54) is 0 Å². The third kappa shape index (κ3) is 3.69. The molecule has 1 aliphatic heterocycles. The Morgan fingerprint density at radius 3 is 2.73 bits per heavy atom. The van der Waals surface area contributed by atoms with Gasteiger partial charge in [-0.3, -0.25) is 0 Å². The minimum atomic E-state index is -2.68. The van der Waals surface area contributed by atoms with Crippen molar-refractivity contribution in [1.29, 1.82) is 0 Å². The first-order chi connectivity index (χ1) is 12.6. The zero-order valence-electron chi connectivity index (χ0n) is 17.7. The molecule has 1 aliphatic rings. The highest BCUT2D eigenvalue weighted by Gasteiger charge is 2.20. The van der Waals surface area contributed by atoms with Gasteiger partial charge in [0.1, 0.15) is 0 Å². The van der Waals surface area contributed by atoms with E-state index in [0.29, 0.717) is 9.92 Å². The molecule has 0 N–H and O–H groups in total. The Bertz CT molecular complexity index is 865. The van der Waals surface area contributed by atoms with Crippen LogP contribution in [0, 0.1) is 0 Å². The van der Waals surface area contributed by atoms with Crippen LogP contribution in [0.3, 0.4) is 0 Å². The highest BCUT2D eigenvalue weighted by Crippen LogP contribution is 2.46. The third-order valence-electron chi connectivity index (χ3n) is 3.33. The van der Waals surface area contributed by atoms with Gasteiger partial charge >= 0.3 is 0 Å². The summed E-state index contributed by atoms with van der Waals surface area (Å²) in [6.07, 6.45) is 2.19. The first-order valence-electron chi connectivity index (χ1n) is 9.62. The Morgan fingerprint density at radius 1 is 1.14 bits per heavy atom. The van der Waals surface area contributed by atoms with E-state index in [9.17, 15) is 0 Å². The number of nitrogens with zero attached hydrogens (tertiary/aromatic N) is 1. The zero-order valence-corrected chi connectivity index (χ0v) is 14.1. The van der Waals surface area contributed by atoms with Gasteiger partial charge in [0.05, 0.1) is 0 Å². The molecular weight excluding hydrogens is 333 g/mol. The second-order valence-electron chi connectivity index (χ2n) is 4.80. The molecule has 3 rings (SSSR count). The summed E-state index contributed by atoms with van der Waals surface area (Å²) in [5.74, 6) is 0. The molecule has 0 radical (unpaired) electrons. The molecule has 0 spiro atoms. The van der Waals surface area contributed by atoms with Gasteiger partial charge in [-0.15, -0.1) is 12.4 Å². The molecule has 1 nitrogen and oxygen atoms in total. The molecule has 1 heterocycles. The maximum atomic E-state index is 7.49. The van der Waals surface area contributed by atoms with Crippen LogP contribution in [-0.4, -0.2) is 25.4 Å². The molecule has 0 atom stereocenters. The average molecular weight is 358 g/mol. The molecule has 0 bridgehead atoms. The molecule has 0 saturated heterocycles. The summed E-state index contributed by atoms with van der Waals surface area (Å²) in [4.78, 5) is 2.74. The topological polar surface area (TPSA) is 3.24 Å². The summed E-state index contributed by atoms with van der Waals surface area (Å²) in [5, 5.41) is 0.617. The lowest BCUT2D eigenvalue weighted by molar-refractivity contribution is 0.417. The average Bonchev–Trinajstić information content (AvgIpc) is 2.55. The van der Waals surface area contributed by atoms with E-state index >= 15 is 0 Å². The van der Waals surface area contributed by atoms with Crippen molar-refractivity contribution in [1.82, 2.24) is 4.90 Å². The fourth-order valence-electron chi connectivity index (χ4n) is 2.40. The monoisotopic (exact) mass is 357 g/mol. The maximum Gasteiger partial charge on any atom is 0.0412 e. The first-order valence-corrected chi connectivity index (χ1v) is 7.82. The van der Waals surface area contributed by atoms with Gasteiger partial charge in [-0.2, -0.15) is 0 Å². The molecule has 0 unspecified atom stereocenters. The Balaban J connectivity index is 0.00000280. The van der Waals surface area contributed by atoms with E-state index < -0.39 is 14.0 Å².